The van der Waals surface area contributed by atoms with Crippen molar-refractivity contribution in [2.45, 2.75) is 50.8 Å². The fourth-order valence-electron chi connectivity index (χ4n) is 4.89. The van der Waals surface area contributed by atoms with E-state index in [-0.39, 0.29) is 24.7 Å². The number of hydrogen-bond acceptors (Lipinski definition) is 7. The van der Waals surface area contributed by atoms with Gasteiger partial charge in [0.1, 0.15) is 0 Å². The molecule has 0 saturated heterocycles. The smallest absolute Gasteiger partial charge is 0.305 e. The Kier molecular flexibility index (Phi) is 8.91. The lowest BCUT2D eigenvalue weighted by Crippen LogP contribution is -2.55. The van der Waals surface area contributed by atoms with Crippen molar-refractivity contribution in [1.82, 2.24) is 15.6 Å². The van der Waals surface area contributed by atoms with Crippen molar-refractivity contribution < 1.29 is 29.1 Å². The summed E-state index contributed by atoms with van der Waals surface area (Å²) in [5.74, 6) is -3.29. The Balaban J connectivity index is 1.60. The molecule has 4 rings (SSSR count). The topological polar surface area (TPSA) is 185 Å². The quantitative estimate of drug-likeness (QED) is 0.233. The van der Waals surface area contributed by atoms with Crippen LogP contribution in [0.15, 0.2) is 71.1 Å². The number of Topliss-reactive ketones (excluding diaryl/α,β-unsaturated/α-hetero) is 1. The van der Waals surface area contributed by atoms with Crippen molar-refractivity contribution in [2.75, 3.05) is 6.54 Å². The Bertz CT molecular complexity index is 1480. The number of carboxylic acid groups (broad SMARTS) is 1. The van der Waals surface area contributed by atoms with Crippen molar-refractivity contribution in [1.29, 1.82) is 0 Å². The van der Waals surface area contributed by atoms with Crippen molar-refractivity contribution in [3.8, 4) is 0 Å². The molecule has 41 heavy (non-hydrogen) atoms. The zero-order chi connectivity index (χ0) is 29.6. The van der Waals surface area contributed by atoms with Gasteiger partial charge in [-0.05, 0) is 17.5 Å². The summed E-state index contributed by atoms with van der Waals surface area (Å²) in [6, 6.07) is 14.4. The maximum Gasteiger partial charge on any atom is 0.305 e. The van der Waals surface area contributed by atoms with E-state index in [1.807, 2.05) is 44.2 Å². The number of carbonyl (C=O) groups is 4. The minimum absolute atomic E-state index is 0.0247. The fraction of sp³-hybridized carbons (Fsp3) is 0.345. The highest BCUT2D eigenvalue weighted by atomic mass is 16.7. The number of carboxylic acids is 1. The highest BCUT2D eigenvalue weighted by Crippen LogP contribution is 2.32. The van der Waals surface area contributed by atoms with Crippen LogP contribution in [0.4, 0.5) is 0 Å². The van der Waals surface area contributed by atoms with E-state index in [2.05, 4.69) is 25.9 Å². The first-order valence-corrected chi connectivity index (χ1v) is 13.2. The van der Waals surface area contributed by atoms with Crippen LogP contribution in [0.25, 0.3) is 16.4 Å². The second-order valence-corrected chi connectivity index (χ2v) is 10.3. The molecule has 2 heterocycles. The van der Waals surface area contributed by atoms with E-state index in [9.17, 15) is 24.3 Å². The van der Waals surface area contributed by atoms with Crippen LogP contribution in [-0.2, 0) is 25.6 Å². The number of oxime groups is 1. The van der Waals surface area contributed by atoms with Crippen LogP contribution in [0.5, 0.6) is 0 Å². The predicted octanol–water partition coefficient (Wildman–Crippen LogP) is 3.23. The molecule has 2 unspecified atom stereocenters. The first kappa shape index (κ1) is 29.1. The van der Waals surface area contributed by atoms with Crippen LogP contribution >= 0.6 is 0 Å². The average Bonchev–Trinajstić information content (AvgIpc) is 3.57. The number of aliphatic carboxylic acids is 1. The Morgan fingerprint density at radius 2 is 1.80 bits per heavy atom. The van der Waals surface area contributed by atoms with Gasteiger partial charge >= 0.3 is 5.97 Å². The summed E-state index contributed by atoms with van der Waals surface area (Å²) in [7, 11) is 0. The van der Waals surface area contributed by atoms with Gasteiger partial charge < -0.3 is 36.2 Å². The summed E-state index contributed by atoms with van der Waals surface area (Å²) in [5, 5.41) is 22.6. The number of nitrogens with zero attached hydrogens (tertiary/aromatic N) is 3. The summed E-state index contributed by atoms with van der Waals surface area (Å²) in [4.78, 5) is 59.8. The second-order valence-electron chi connectivity index (χ2n) is 10.3. The minimum atomic E-state index is -1.62. The van der Waals surface area contributed by atoms with E-state index >= 15 is 0 Å². The summed E-state index contributed by atoms with van der Waals surface area (Å²) in [6.45, 7) is 3.13. The molecule has 2 amide bonds. The van der Waals surface area contributed by atoms with E-state index in [4.69, 9.17) is 10.4 Å². The van der Waals surface area contributed by atoms with Crippen LogP contribution in [0, 0.1) is 5.92 Å². The molecule has 0 radical (unpaired) electrons. The van der Waals surface area contributed by atoms with Gasteiger partial charge in [-0.15, -0.1) is 0 Å². The zero-order valence-electron chi connectivity index (χ0n) is 22.7. The normalized spacial score (nSPS) is 17.8. The molecule has 0 bridgehead atoms. The van der Waals surface area contributed by atoms with Crippen molar-refractivity contribution in [3.05, 3.63) is 77.5 Å². The number of H-pyrrole nitrogens is 1. The monoisotopic (exact) mass is 559 g/mol. The molecule has 1 aliphatic rings. The van der Waals surface area contributed by atoms with Gasteiger partial charge in [0.15, 0.2) is 5.78 Å². The number of ketones is 1. The predicted molar refractivity (Wildman–Crippen MR) is 150 cm³/mol. The number of benzene rings is 2. The highest BCUT2D eigenvalue weighted by molar-refractivity contribution is 6.09. The zero-order valence-corrected chi connectivity index (χ0v) is 22.7. The Hall–Kier alpha value is -4.87. The van der Waals surface area contributed by atoms with Crippen LogP contribution in [0.2, 0.25) is 0 Å². The van der Waals surface area contributed by atoms with Crippen molar-refractivity contribution in [3.63, 3.8) is 0 Å². The Morgan fingerprint density at radius 1 is 1.10 bits per heavy atom. The molecule has 2 aromatic carbocycles. The Morgan fingerprint density at radius 3 is 2.49 bits per heavy atom. The number of aromatic amines is 1. The summed E-state index contributed by atoms with van der Waals surface area (Å²) in [6.07, 6.45) is 0.968. The number of para-hydroxylation sites is 1. The molecular weight excluding hydrogens is 528 g/mol. The van der Waals surface area contributed by atoms with Gasteiger partial charge in [-0.3, -0.25) is 19.2 Å². The molecule has 0 saturated carbocycles. The molecule has 3 atom stereocenters. The average molecular weight is 560 g/mol. The molecule has 3 aromatic rings. The molecule has 0 fully saturated rings. The summed E-state index contributed by atoms with van der Waals surface area (Å²) < 4.78 is 0. The number of amides is 2. The molecule has 214 valence electrons. The van der Waals surface area contributed by atoms with Gasteiger partial charge in [0.25, 0.3) is 11.8 Å². The van der Waals surface area contributed by atoms with E-state index in [1.54, 1.807) is 30.5 Å². The van der Waals surface area contributed by atoms with Gasteiger partial charge in [-0.2, -0.15) is 0 Å². The van der Waals surface area contributed by atoms with Gasteiger partial charge in [0.2, 0.25) is 5.60 Å². The van der Waals surface area contributed by atoms with E-state index < -0.39 is 48.3 Å². The van der Waals surface area contributed by atoms with Crippen LogP contribution in [0.3, 0.4) is 0 Å². The molecular formula is C29H31N6O6-. The molecule has 12 nitrogen and oxygen atoms in total. The highest BCUT2D eigenvalue weighted by Gasteiger charge is 2.49. The number of hydrogen-bond donors (Lipinski definition) is 4. The first-order chi connectivity index (χ1) is 19.6. The molecule has 1 aliphatic heterocycles. The summed E-state index contributed by atoms with van der Waals surface area (Å²) >= 11 is 0. The summed E-state index contributed by atoms with van der Waals surface area (Å²) in [5.41, 5.74) is 9.65. The molecule has 1 aromatic heterocycles. The van der Waals surface area contributed by atoms with E-state index in [0.29, 0.717) is 11.3 Å². The number of aromatic nitrogens is 1. The van der Waals surface area contributed by atoms with Gasteiger partial charge in [0.05, 0.1) is 36.3 Å². The largest absolute Gasteiger partial charge is 0.712 e. The fourth-order valence-corrected chi connectivity index (χ4v) is 4.89. The number of fused-ring (bicyclic) bond motifs is 1. The van der Waals surface area contributed by atoms with Crippen LogP contribution in [-0.4, -0.2) is 63.6 Å². The maximum absolute atomic E-state index is 13.7. The second kappa shape index (κ2) is 12.5. The molecule has 4 N–H and O–H groups in total. The van der Waals surface area contributed by atoms with Gasteiger partial charge in [0, 0.05) is 29.9 Å². The minimum Gasteiger partial charge on any atom is -0.712 e. The van der Waals surface area contributed by atoms with Crippen molar-refractivity contribution >= 4 is 40.2 Å². The maximum atomic E-state index is 13.7. The third kappa shape index (κ3) is 6.65. The van der Waals surface area contributed by atoms with E-state index in [0.717, 1.165) is 16.5 Å². The molecule has 0 spiro atoms. The Labute approximate surface area is 236 Å². The number of rotatable bonds is 13. The lowest BCUT2D eigenvalue weighted by molar-refractivity contribution is -0.147. The standard InChI is InChI=1S/C29H31N6O6/c1-17(2)26(34-27(39)20-15-31-21-11-7-6-10-19(20)21)23-14-29(41-35-23,13-18-8-4-3-5-9-18)28(40)33-22(12-25(37)38)24(36)16-32-30/h3-11,15,17,22,26,31H,12-14,16H2,1-2H3,(H,33,40)(H,34,39)(H,37,38)/q-1/t22-,26?,29?/m0/s1. The van der Waals surface area contributed by atoms with Crippen molar-refractivity contribution in [2.24, 2.45) is 16.2 Å². The van der Waals surface area contributed by atoms with E-state index in [1.165, 1.54) is 0 Å². The molecule has 0 aliphatic carbocycles. The number of nitrogens with one attached hydrogen (secondary N) is 3. The van der Waals surface area contributed by atoms with Gasteiger partial charge in [-0.25, -0.2) is 0 Å². The molecule has 12 heteroatoms. The van der Waals surface area contributed by atoms with Crippen LogP contribution in [0.1, 0.15) is 42.6 Å². The third-order valence-corrected chi connectivity index (χ3v) is 7.00. The number of carbonyl (C=O) groups excluding carboxylic acids is 3. The third-order valence-electron chi connectivity index (χ3n) is 7.00. The lowest BCUT2D eigenvalue weighted by Gasteiger charge is -2.29. The van der Waals surface area contributed by atoms with Crippen LogP contribution < -0.4 is 10.6 Å². The lowest BCUT2D eigenvalue weighted by atomic mass is 9.84. The first-order valence-electron chi connectivity index (χ1n) is 13.2. The SMILES string of the molecule is CC(C)C(NC(=O)c1c[nH]c2ccccc12)C1=NOC(Cc2ccccc2)(C(=O)N[C@@H](CC(=O)O)C(=O)CN=[N-])C1. The van der Waals surface area contributed by atoms with Gasteiger partial charge in [-0.1, -0.05) is 67.5 Å².